The second-order valence-corrected chi connectivity index (χ2v) is 4.20. The molecule has 0 radical (unpaired) electrons. The normalized spacial score (nSPS) is 14.2. The zero-order valence-electron chi connectivity index (χ0n) is 8.68. The number of benzene rings is 1. The first-order valence-electron chi connectivity index (χ1n) is 4.97. The lowest BCUT2D eigenvalue weighted by molar-refractivity contribution is -0.147. The van der Waals surface area contributed by atoms with Crippen LogP contribution in [0.3, 0.4) is 0 Å². The predicted octanol–water partition coefficient (Wildman–Crippen LogP) is 3.43. The number of rotatable bonds is 2. The Kier molecular flexibility index (Phi) is 3.05. The summed E-state index contributed by atoms with van der Waals surface area (Å²) in [6.45, 7) is -0.473. The molecule has 2 aromatic rings. The minimum Gasteiger partial charge on any atom is -0.361 e. The summed E-state index contributed by atoms with van der Waals surface area (Å²) in [5, 5.41) is 0.976. The van der Waals surface area contributed by atoms with Gasteiger partial charge in [-0.3, -0.25) is 0 Å². The number of aromatic amines is 1. The van der Waals surface area contributed by atoms with Gasteiger partial charge in [-0.15, -0.1) is 0 Å². The van der Waals surface area contributed by atoms with Crippen LogP contribution in [-0.2, 0) is 0 Å². The van der Waals surface area contributed by atoms with Gasteiger partial charge < -0.3 is 10.7 Å². The van der Waals surface area contributed by atoms with E-state index in [9.17, 15) is 13.2 Å². The van der Waals surface area contributed by atoms with Gasteiger partial charge in [-0.25, -0.2) is 0 Å². The molecule has 0 fully saturated rings. The van der Waals surface area contributed by atoms with Crippen LogP contribution in [0.25, 0.3) is 10.9 Å². The van der Waals surface area contributed by atoms with Crippen molar-refractivity contribution < 1.29 is 13.2 Å². The standard InChI is InChI=1S/C11H10ClF3N2/c12-6-1-2-7-8(5-17-10(7)3-6)9(4-16)11(13,14)15/h1-3,5,9,17H,4,16H2. The van der Waals surface area contributed by atoms with Crippen molar-refractivity contribution in [2.24, 2.45) is 5.73 Å². The molecule has 17 heavy (non-hydrogen) atoms. The number of hydrogen-bond acceptors (Lipinski definition) is 1. The maximum absolute atomic E-state index is 12.8. The third kappa shape index (κ3) is 2.25. The molecule has 92 valence electrons. The summed E-state index contributed by atoms with van der Waals surface area (Å²) in [4.78, 5) is 2.78. The molecule has 2 nitrogen and oxygen atoms in total. The zero-order chi connectivity index (χ0) is 12.6. The van der Waals surface area contributed by atoms with Crippen molar-refractivity contribution in [2.45, 2.75) is 12.1 Å². The predicted molar refractivity (Wildman–Crippen MR) is 61.2 cm³/mol. The van der Waals surface area contributed by atoms with Gasteiger partial charge in [0.2, 0.25) is 0 Å². The molecule has 0 aliphatic carbocycles. The van der Waals surface area contributed by atoms with Gasteiger partial charge in [0, 0.05) is 28.7 Å². The van der Waals surface area contributed by atoms with Crippen molar-refractivity contribution >= 4 is 22.5 Å². The summed E-state index contributed by atoms with van der Waals surface area (Å²) in [6, 6.07) is 4.72. The van der Waals surface area contributed by atoms with Crippen LogP contribution < -0.4 is 5.73 Å². The molecule has 1 aromatic heterocycles. The topological polar surface area (TPSA) is 41.8 Å². The second kappa shape index (κ2) is 4.23. The molecule has 0 aliphatic rings. The molecule has 6 heteroatoms. The van der Waals surface area contributed by atoms with Crippen LogP contribution in [0, 0.1) is 0 Å². The van der Waals surface area contributed by atoms with Crippen molar-refractivity contribution in [1.29, 1.82) is 0 Å². The van der Waals surface area contributed by atoms with Crippen LogP contribution in [0.5, 0.6) is 0 Å². The third-order valence-electron chi connectivity index (χ3n) is 2.68. The quantitative estimate of drug-likeness (QED) is 0.855. The number of fused-ring (bicyclic) bond motifs is 1. The Labute approximate surface area is 101 Å². The van der Waals surface area contributed by atoms with E-state index in [1.807, 2.05) is 0 Å². The van der Waals surface area contributed by atoms with Crippen LogP contribution in [0.2, 0.25) is 5.02 Å². The molecule has 0 spiro atoms. The Morgan fingerprint density at radius 1 is 1.35 bits per heavy atom. The Balaban J connectivity index is 2.55. The number of alkyl halides is 3. The number of halogens is 4. The molecule has 0 bridgehead atoms. The smallest absolute Gasteiger partial charge is 0.361 e. The molecular weight excluding hydrogens is 253 g/mol. The minimum atomic E-state index is -4.34. The van der Waals surface area contributed by atoms with Crippen LogP contribution >= 0.6 is 11.6 Å². The fourth-order valence-corrected chi connectivity index (χ4v) is 2.02. The number of nitrogens with one attached hydrogen (secondary N) is 1. The highest BCUT2D eigenvalue weighted by Crippen LogP contribution is 2.37. The van der Waals surface area contributed by atoms with E-state index in [4.69, 9.17) is 17.3 Å². The minimum absolute atomic E-state index is 0.159. The Morgan fingerprint density at radius 3 is 2.65 bits per heavy atom. The van der Waals surface area contributed by atoms with Gasteiger partial charge in [-0.2, -0.15) is 13.2 Å². The molecule has 0 amide bonds. The lowest BCUT2D eigenvalue weighted by Crippen LogP contribution is -2.27. The summed E-state index contributed by atoms with van der Waals surface area (Å²) in [7, 11) is 0. The summed E-state index contributed by atoms with van der Waals surface area (Å²) < 4.78 is 38.3. The van der Waals surface area contributed by atoms with E-state index in [1.165, 1.54) is 6.20 Å². The number of H-pyrrole nitrogens is 1. The molecular formula is C11H10ClF3N2. The van der Waals surface area contributed by atoms with Crippen molar-refractivity contribution in [3.05, 3.63) is 35.0 Å². The first-order valence-corrected chi connectivity index (χ1v) is 5.34. The lowest BCUT2D eigenvalue weighted by atomic mass is 9.98. The molecule has 2 rings (SSSR count). The first kappa shape index (κ1) is 12.3. The largest absolute Gasteiger partial charge is 0.397 e. The van der Waals surface area contributed by atoms with Gasteiger partial charge in [0.05, 0.1) is 5.92 Å². The number of aromatic nitrogens is 1. The van der Waals surface area contributed by atoms with E-state index in [0.29, 0.717) is 15.9 Å². The van der Waals surface area contributed by atoms with E-state index >= 15 is 0 Å². The van der Waals surface area contributed by atoms with Gasteiger partial charge >= 0.3 is 6.18 Å². The van der Waals surface area contributed by atoms with Crippen LogP contribution in [0.15, 0.2) is 24.4 Å². The molecule has 1 aromatic carbocycles. The van der Waals surface area contributed by atoms with Crippen LogP contribution in [0.1, 0.15) is 11.5 Å². The maximum Gasteiger partial charge on any atom is 0.397 e. The molecule has 0 saturated carbocycles. The fourth-order valence-electron chi connectivity index (χ4n) is 1.85. The summed E-state index contributed by atoms with van der Waals surface area (Å²) in [5.41, 5.74) is 5.95. The van der Waals surface area contributed by atoms with Gasteiger partial charge in [-0.05, 0) is 17.7 Å². The van der Waals surface area contributed by atoms with Crippen molar-refractivity contribution in [1.82, 2.24) is 4.98 Å². The van der Waals surface area contributed by atoms with E-state index in [0.717, 1.165) is 0 Å². The average Bonchev–Trinajstić information content (AvgIpc) is 2.60. The molecule has 3 N–H and O–H groups in total. The summed E-state index contributed by atoms with van der Waals surface area (Å²) in [6.07, 6.45) is -3.00. The highest BCUT2D eigenvalue weighted by atomic mass is 35.5. The average molecular weight is 263 g/mol. The highest BCUT2D eigenvalue weighted by molar-refractivity contribution is 6.31. The van der Waals surface area contributed by atoms with E-state index in [-0.39, 0.29) is 5.56 Å². The Hall–Kier alpha value is -1.20. The van der Waals surface area contributed by atoms with Crippen molar-refractivity contribution in [2.75, 3.05) is 6.54 Å². The zero-order valence-corrected chi connectivity index (χ0v) is 9.44. The summed E-state index contributed by atoms with van der Waals surface area (Å²) >= 11 is 5.76. The number of hydrogen-bond donors (Lipinski definition) is 2. The van der Waals surface area contributed by atoms with Gasteiger partial charge in [-0.1, -0.05) is 17.7 Å². The first-order chi connectivity index (χ1) is 7.93. The van der Waals surface area contributed by atoms with Gasteiger partial charge in [0.15, 0.2) is 0 Å². The molecule has 1 unspecified atom stereocenters. The SMILES string of the molecule is NCC(c1c[nH]c2cc(Cl)ccc12)C(F)(F)F. The third-order valence-corrected chi connectivity index (χ3v) is 2.92. The van der Waals surface area contributed by atoms with Crippen molar-refractivity contribution in [3.8, 4) is 0 Å². The summed E-state index contributed by atoms with van der Waals surface area (Å²) in [5.74, 6) is -1.66. The maximum atomic E-state index is 12.8. The molecule has 1 atom stereocenters. The van der Waals surface area contributed by atoms with Gasteiger partial charge in [0.1, 0.15) is 0 Å². The fraction of sp³-hybridized carbons (Fsp3) is 0.273. The van der Waals surface area contributed by atoms with Gasteiger partial charge in [0.25, 0.3) is 0 Å². The molecule has 0 aliphatic heterocycles. The second-order valence-electron chi connectivity index (χ2n) is 3.76. The molecule has 0 saturated heterocycles. The van der Waals surface area contributed by atoms with Crippen molar-refractivity contribution in [3.63, 3.8) is 0 Å². The van der Waals surface area contributed by atoms with E-state index in [1.54, 1.807) is 18.2 Å². The Bertz CT molecular complexity index is 533. The Morgan fingerprint density at radius 2 is 2.06 bits per heavy atom. The number of nitrogens with two attached hydrogens (primary N) is 1. The lowest BCUT2D eigenvalue weighted by Gasteiger charge is -2.17. The monoisotopic (exact) mass is 262 g/mol. The highest BCUT2D eigenvalue weighted by Gasteiger charge is 2.40. The van der Waals surface area contributed by atoms with Crippen LogP contribution in [-0.4, -0.2) is 17.7 Å². The van der Waals surface area contributed by atoms with E-state index in [2.05, 4.69) is 4.98 Å². The van der Waals surface area contributed by atoms with E-state index < -0.39 is 18.6 Å². The molecule has 1 heterocycles. The van der Waals surface area contributed by atoms with Crippen LogP contribution in [0.4, 0.5) is 13.2 Å².